The lowest BCUT2D eigenvalue weighted by atomic mass is 10.1. The van der Waals surface area contributed by atoms with Crippen LogP contribution in [0, 0.1) is 6.92 Å². The number of aryl methyl sites for hydroxylation is 1. The minimum Gasteiger partial charge on any atom is -0.454 e. The summed E-state index contributed by atoms with van der Waals surface area (Å²) in [5.74, 6) is 1.30. The summed E-state index contributed by atoms with van der Waals surface area (Å²) in [5.41, 5.74) is 2.31. The maximum atomic E-state index is 13.8. The third-order valence-corrected chi connectivity index (χ3v) is 7.39. The van der Waals surface area contributed by atoms with Crippen molar-refractivity contribution in [3.05, 3.63) is 78.4 Å². The summed E-state index contributed by atoms with van der Waals surface area (Å²) in [6.07, 6.45) is 0. The van der Waals surface area contributed by atoms with Crippen molar-refractivity contribution < 1.29 is 17.9 Å². The number of hydrogen-bond donors (Lipinski definition) is 0. The molecule has 148 valence electrons. The van der Waals surface area contributed by atoms with Crippen LogP contribution < -0.4 is 9.47 Å². The third-order valence-electron chi connectivity index (χ3n) is 5.66. The zero-order chi connectivity index (χ0) is 20.5. The van der Waals surface area contributed by atoms with Gasteiger partial charge in [-0.05, 0) is 42.6 Å². The van der Waals surface area contributed by atoms with E-state index < -0.39 is 10.0 Å². The molecule has 0 atom stereocenters. The van der Waals surface area contributed by atoms with Crippen molar-refractivity contribution in [1.29, 1.82) is 0 Å². The normalized spacial score (nSPS) is 13.5. The monoisotopic (exact) mass is 415 g/mol. The van der Waals surface area contributed by atoms with Crippen LogP contribution in [0.4, 0.5) is 0 Å². The van der Waals surface area contributed by atoms with Gasteiger partial charge in [0.1, 0.15) is 0 Å². The molecule has 1 aromatic heterocycles. The molecule has 0 saturated heterocycles. The third kappa shape index (κ3) is 2.31. The molecular weight excluding hydrogens is 398 g/mol. The lowest BCUT2D eigenvalue weighted by Gasteiger charge is -2.11. The molecule has 6 heteroatoms. The van der Waals surface area contributed by atoms with E-state index in [0.29, 0.717) is 22.5 Å². The summed E-state index contributed by atoms with van der Waals surface area (Å²) in [6.45, 7) is 2.10. The topological polar surface area (TPSA) is 57.5 Å². The summed E-state index contributed by atoms with van der Waals surface area (Å²) >= 11 is 0. The zero-order valence-corrected chi connectivity index (χ0v) is 16.9. The van der Waals surface area contributed by atoms with Crippen LogP contribution in [0.2, 0.25) is 0 Å². The molecular formula is C24H17NO4S. The van der Waals surface area contributed by atoms with Crippen molar-refractivity contribution in [2.45, 2.75) is 11.8 Å². The molecule has 4 aromatic carbocycles. The molecule has 6 rings (SSSR count). The number of aromatic nitrogens is 1. The van der Waals surface area contributed by atoms with Crippen LogP contribution in [0.5, 0.6) is 11.5 Å². The lowest BCUT2D eigenvalue weighted by molar-refractivity contribution is 0.174. The van der Waals surface area contributed by atoms with E-state index in [1.165, 1.54) is 3.97 Å². The average Bonchev–Trinajstić information content (AvgIpc) is 3.34. The molecule has 0 aliphatic carbocycles. The Labute approximate surface area is 173 Å². The molecule has 0 N–H and O–H groups in total. The van der Waals surface area contributed by atoms with E-state index in [4.69, 9.17) is 9.47 Å². The fourth-order valence-corrected chi connectivity index (χ4v) is 5.74. The van der Waals surface area contributed by atoms with Gasteiger partial charge in [-0.3, -0.25) is 0 Å². The van der Waals surface area contributed by atoms with Gasteiger partial charge in [-0.25, -0.2) is 12.4 Å². The second-order valence-corrected chi connectivity index (χ2v) is 9.27. The maximum Gasteiger partial charge on any atom is 0.268 e. The van der Waals surface area contributed by atoms with Gasteiger partial charge in [-0.2, -0.15) is 0 Å². The highest BCUT2D eigenvalue weighted by Crippen LogP contribution is 2.42. The first-order valence-electron chi connectivity index (χ1n) is 9.62. The Balaban J connectivity index is 1.80. The predicted molar refractivity (Wildman–Crippen MR) is 117 cm³/mol. The highest BCUT2D eigenvalue weighted by Gasteiger charge is 2.25. The van der Waals surface area contributed by atoms with Gasteiger partial charge < -0.3 is 9.47 Å². The number of ether oxygens (including phenoxy) is 2. The molecule has 0 unspecified atom stereocenters. The molecule has 5 aromatic rings. The van der Waals surface area contributed by atoms with Crippen LogP contribution >= 0.6 is 0 Å². The zero-order valence-electron chi connectivity index (χ0n) is 16.1. The van der Waals surface area contributed by atoms with E-state index in [0.717, 1.165) is 27.1 Å². The van der Waals surface area contributed by atoms with Crippen LogP contribution in [0.1, 0.15) is 5.56 Å². The van der Waals surface area contributed by atoms with Crippen molar-refractivity contribution in [2.24, 2.45) is 0 Å². The largest absolute Gasteiger partial charge is 0.454 e. The molecule has 1 aliphatic rings. The van der Waals surface area contributed by atoms with Crippen LogP contribution in [0.15, 0.2) is 77.7 Å². The first-order chi connectivity index (χ1) is 14.5. The Morgan fingerprint density at radius 1 is 0.800 bits per heavy atom. The minimum atomic E-state index is -3.83. The van der Waals surface area contributed by atoms with E-state index in [-0.39, 0.29) is 11.7 Å². The summed E-state index contributed by atoms with van der Waals surface area (Å²) in [4.78, 5) is 0.258. The quantitative estimate of drug-likeness (QED) is 0.397. The molecule has 0 spiro atoms. The standard InChI is InChI=1S/C24H17NO4S/c1-15-6-9-17(10-7-15)30(26,27)25-21-5-3-2-4-18(21)19-11-8-16-12-22-23(29-14-28-22)13-20(16)24(19)25/h2-13H,14H2,1H3. The SMILES string of the molecule is Cc1ccc(S(=O)(=O)n2c3ccccc3c3ccc4cc5c(cc4c32)OCO5)cc1. The number of rotatable bonds is 2. The van der Waals surface area contributed by atoms with E-state index in [1.54, 1.807) is 12.1 Å². The molecule has 0 bridgehead atoms. The number of benzene rings is 4. The van der Waals surface area contributed by atoms with Gasteiger partial charge in [0.2, 0.25) is 6.79 Å². The van der Waals surface area contributed by atoms with Gasteiger partial charge in [0, 0.05) is 16.2 Å². The number of fused-ring (bicyclic) bond motifs is 6. The van der Waals surface area contributed by atoms with Gasteiger partial charge in [-0.15, -0.1) is 0 Å². The predicted octanol–water partition coefficient (Wildman–Crippen LogP) is 5.22. The van der Waals surface area contributed by atoms with Gasteiger partial charge in [-0.1, -0.05) is 48.0 Å². The Kier molecular flexibility index (Phi) is 3.47. The Bertz CT molecular complexity index is 1580. The number of para-hydroxylation sites is 1. The van der Waals surface area contributed by atoms with Crippen LogP contribution in [0.3, 0.4) is 0 Å². The molecule has 2 heterocycles. The summed E-state index contributed by atoms with van der Waals surface area (Å²) in [6, 6.07) is 22.3. The molecule has 5 nitrogen and oxygen atoms in total. The highest BCUT2D eigenvalue weighted by molar-refractivity contribution is 7.90. The minimum absolute atomic E-state index is 0.166. The second kappa shape index (κ2) is 6.00. The van der Waals surface area contributed by atoms with Gasteiger partial charge in [0.15, 0.2) is 11.5 Å². The van der Waals surface area contributed by atoms with Crippen molar-refractivity contribution in [1.82, 2.24) is 3.97 Å². The first-order valence-corrected chi connectivity index (χ1v) is 11.1. The van der Waals surface area contributed by atoms with Crippen molar-refractivity contribution in [3.63, 3.8) is 0 Å². The molecule has 0 amide bonds. The van der Waals surface area contributed by atoms with E-state index >= 15 is 0 Å². The number of hydrogen-bond acceptors (Lipinski definition) is 4. The molecule has 0 fully saturated rings. The molecule has 0 saturated carbocycles. The van der Waals surface area contributed by atoms with E-state index in [9.17, 15) is 8.42 Å². The smallest absolute Gasteiger partial charge is 0.268 e. The van der Waals surface area contributed by atoms with E-state index in [2.05, 4.69) is 0 Å². The number of nitrogens with zero attached hydrogens (tertiary/aromatic N) is 1. The van der Waals surface area contributed by atoms with Crippen LogP contribution in [-0.4, -0.2) is 19.2 Å². The summed E-state index contributed by atoms with van der Waals surface area (Å²) < 4.78 is 40.2. The van der Waals surface area contributed by atoms with Gasteiger partial charge >= 0.3 is 0 Å². The van der Waals surface area contributed by atoms with Crippen molar-refractivity contribution >= 4 is 42.6 Å². The van der Waals surface area contributed by atoms with Crippen molar-refractivity contribution in [2.75, 3.05) is 6.79 Å². The van der Waals surface area contributed by atoms with Crippen LogP contribution in [0.25, 0.3) is 32.6 Å². The summed E-state index contributed by atoms with van der Waals surface area (Å²) in [7, 11) is -3.83. The van der Waals surface area contributed by atoms with Crippen molar-refractivity contribution in [3.8, 4) is 11.5 Å². The second-order valence-electron chi connectivity index (χ2n) is 7.49. The fourth-order valence-electron chi connectivity index (χ4n) is 4.20. The fraction of sp³-hybridized carbons (Fsp3) is 0.0833. The molecule has 30 heavy (non-hydrogen) atoms. The van der Waals surface area contributed by atoms with Crippen LogP contribution in [-0.2, 0) is 10.0 Å². The molecule has 0 radical (unpaired) electrons. The maximum absolute atomic E-state index is 13.8. The Hall–Kier alpha value is -3.51. The average molecular weight is 415 g/mol. The van der Waals surface area contributed by atoms with Gasteiger partial charge in [0.05, 0.1) is 15.9 Å². The highest BCUT2D eigenvalue weighted by atomic mass is 32.2. The first kappa shape index (κ1) is 17.4. The Morgan fingerprint density at radius 2 is 1.53 bits per heavy atom. The molecule has 1 aliphatic heterocycles. The van der Waals surface area contributed by atoms with E-state index in [1.807, 2.05) is 67.6 Å². The lowest BCUT2D eigenvalue weighted by Crippen LogP contribution is -2.13. The van der Waals surface area contributed by atoms with Gasteiger partial charge in [0.25, 0.3) is 10.0 Å². The summed E-state index contributed by atoms with van der Waals surface area (Å²) in [5, 5.41) is 3.48. The Morgan fingerprint density at radius 3 is 2.33 bits per heavy atom.